The van der Waals surface area contributed by atoms with Crippen LogP contribution in [0.1, 0.15) is 24.1 Å². The smallest absolute Gasteiger partial charge is 0.307 e. The average molecular weight is 475 g/mol. The molecule has 6 nitrogen and oxygen atoms in total. The number of aromatic nitrogens is 2. The molecule has 0 amide bonds. The molecular weight excluding hydrogens is 451 g/mol. The Morgan fingerprint density at radius 1 is 1.26 bits per heavy atom. The SMILES string of the molecule is CC(F)(P)Oc1ccc(Nc2nc3cc(CC(=O)O)ccc3n2C2CBc3ccccc32)cc1. The average Bonchev–Trinajstić information content (AvgIpc) is 3.34. The number of imidazole rings is 1. The molecule has 0 radical (unpaired) electrons. The number of nitrogens with zero attached hydrogens (tertiary/aromatic N) is 2. The van der Waals surface area contributed by atoms with Crippen LogP contribution < -0.4 is 15.5 Å². The summed E-state index contributed by atoms with van der Waals surface area (Å²) in [5, 5.41) is 12.6. The van der Waals surface area contributed by atoms with Crippen molar-refractivity contribution in [3.63, 3.8) is 0 Å². The van der Waals surface area contributed by atoms with E-state index < -0.39 is 11.6 Å². The van der Waals surface area contributed by atoms with Crippen molar-refractivity contribution in [2.45, 2.75) is 31.3 Å². The maximum atomic E-state index is 13.8. The summed E-state index contributed by atoms with van der Waals surface area (Å²) in [7, 11) is 3.00. The van der Waals surface area contributed by atoms with Gasteiger partial charge in [0, 0.05) is 12.6 Å². The minimum atomic E-state index is -1.84. The van der Waals surface area contributed by atoms with Gasteiger partial charge >= 0.3 is 5.97 Å². The minimum Gasteiger partial charge on any atom is -0.481 e. The number of ether oxygens (including phenoxy) is 1. The van der Waals surface area contributed by atoms with Crippen LogP contribution in [0.15, 0.2) is 66.7 Å². The highest BCUT2D eigenvalue weighted by Crippen LogP contribution is 2.35. The molecule has 34 heavy (non-hydrogen) atoms. The number of carboxylic acids is 1. The molecule has 172 valence electrons. The Balaban J connectivity index is 1.55. The molecule has 0 fully saturated rings. The zero-order chi connectivity index (χ0) is 23.9. The monoisotopic (exact) mass is 475 g/mol. The van der Waals surface area contributed by atoms with Crippen LogP contribution in [-0.2, 0) is 11.2 Å². The molecule has 1 aliphatic heterocycles. The molecule has 3 unspecified atom stereocenters. The number of halogens is 1. The highest BCUT2D eigenvalue weighted by molar-refractivity contribution is 7.18. The maximum Gasteiger partial charge on any atom is 0.307 e. The van der Waals surface area contributed by atoms with Crippen molar-refractivity contribution in [3.05, 3.63) is 77.9 Å². The number of carbonyl (C=O) groups is 1. The number of benzene rings is 3. The normalized spacial score (nSPS) is 16.5. The quantitative estimate of drug-likeness (QED) is 0.307. The van der Waals surface area contributed by atoms with Crippen LogP contribution in [0, 0.1) is 0 Å². The van der Waals surface area contributed by atoms with Gasteiger partial charge in [-0.15, -0.1) is 0 Å². The van der Waals surface area contributed by atoms with Crippen molar-refractivity contribution < 1.29 is 19.0 Å². The van der Waals surface area contributed by atoms with E-state index in [1.54, 1.807) is 12.1 Å². The molecule has 5 rings (SSSR count). The number of hydrogen-bond acceptors (Lipinski definition) is 4. The number of rotatable bonds is 7. The molecule has 0 spiro atoms. The number of aliphatic carboxylic acids is 1. The van der Waals surface area contributed by atoms with E-state index in [1.807, 2.05) is 39.6 Å². The first kappa shape index (κ1) is 22.4. The van der Waals surface area contributed by atoms with Crippen molar-refractivity contribution in [2.75, 3.05) is 5.32 Å². The van der Waals surface area contributed by atoms with Crippen LogP contribution in [0.25, 0.3) is 11.0 Å². The Labute approximate surface area is 199 Å². The van der Waals surface area contributed by atoms with Gasteiger partial charge < -0.3 is 19.7 Å². The van der Waals surface area contributed by atoms with E-state index in [2.05, 4.69) is 34.1 Å². The third kappa shape index (κ3) is 4.64. The fourth-order valence-electron chi connectivity index (χ4n) is 4.60. The lowest BCUT2D eigenvalue weighted by atomic mass is 9.72. The van der Waals surface area contributed by atoms with Gasteiger partial charge in [0.1, 0.15) is 5.75 Å². The van der Waals surface area contributed by atoms with Gasteiger partial charge in [-0.25, -0.2) is 4.98 Å². The molecule has 0 saturated carbocycles. The van der Waals surface area contributed by atoms with E-state index in [0.717, 1.165) is 30.3 Å². The number of hydrogen-bond donors (Lipinski definition) is 2. The predicted molar refractivity (Wildman–Crippen MR) is 137 cm³/mol. The number of carboxylic acid groups (broad SMARTS) is 1. The van der Waals surface area contributed by atoms with Crippen LogP contribution in [-0.4, -0.2) is 33.5 Å². The van der Waals surface area contributed by atoms with E-state index in [0.29, 0.717) is 17.3 Å². The zero-order valence-corrected chi connectivity index (χ0v) is 19.8. The fraction of sp³-hybridized carbons (Fsp3) is 0.200. The van der Waals surface area contributed by atoms with E-state index in [-0.39, 0.29) is 12.5 Å². The molecule has 1 aliphatic rings. The van der Waals surface area contributed by atoms with E-state index in [9.17, 15) is 14.3 Å². The molecule has 9 heteroatoms. The molecule has 1 aromatic heterocycles. The summed E-state index contributed by atoms with van der Waals surface area (Å²) in [6.07, 6.45) is 0.898. The third-order valence-electron chi connectivity index (χ3n) is 5.95. The fourth-order valence-corrected chi connectivity index (χ4v) is 4.74. The first-order chi connectivity index (χ1) is 16.3. The van der Waals surface area contributed by atoms with Crippen LogP contribution in [0.3, 0.4) is 0 Å². The maximum absolute atomic E-state index is 13.8. The highest BCUT2D eigenvalue weighted by atomic mass is 31.0. The van der Waals surface area contributed by atoms with Crippen LogP contribution >= 0.6 is 9.24 Å². The second-order valence-electron chi connectivity index (χ2n) is 8.69. The molecule has 0 bridgehead atoms. The first-order valence-electron chi connectivity index (χ1n) is 11.1. The Kier molecular flexibility index (Phi) is 5.78. The van der Waals surface area contributed by atoms with Gasteiger partial charge in [0.15, 0.2) is 7.28 Å². The lowest BCUT2D eigenvalue weighted by molar-refractivity contribution is -0.136. The molecule has 3 atom stereocenters. The molecule has 0 aliphatic carbocycles. The van der Waals surface area contributed by atoms with Gasteiger partial charge in [-0.1, -0.05) is 45.0 Å². The summed E-state index contributed by atoms with van der Waals surface area (Å²) in [6.45, 7) is 1.32. The second kappa shape index (κ2) is 8.77. The Bertz CT molecular complexity index is 1370. The van der Waals surface area contributed by atoms with Crippen molar-refractivity contribution in [1.82, 2.24) is 9.55 Å². The zero-order valence-electron chi connectivity index (χ0n) is 18.7. The second-order valence-corrected chi connectivity index (χ2v) is 9.72. The molecule has 4 aromatic rings. The van der Waals surface area contributed by atoms with Gasteiger partial charge in [-0.2, -0.15) is 4.39 Å². The summed E-state index contributed by atoms with van der Waals surface area (Å²) >= 11 is 0. The van der Waals surface area contributed by atoms with Crippen molar-refractivity contribution in [3.8, 4) is 5.75 Å². The van der Waals surface area contributed by atoms with E-state index in [1.165, 1.54) is 17.9 Å². The van der Waals surface area contributed by atoms with Gasteiger partial charge in [0.2, 0.25) is 5.95 Å². The highest BCUT2D eigenvalue weighted by Gasteiger charge is 2.28. The summed E-state index contributed by atoms with van der Waals surface area (Å²) in [4.78, 5) is 16.0. The Morgan fingerprint density at radius 3 is 2.76 bits per heavy atom. The lowest BCUT2D eigenvalue weighted by Gasteiger charge is -2.20. The van der Waals surface area contributed by atoms with Crippen molar-refractivity contribution in [1.29, 1.82) is 0 Å². The Hall–Kier alpha value is -3.38. The largest absolute Gasteiger partial charge is 0.481 e. The van der Waals surface area contributed by atoms with Crippen LogP contribution in [0.4, 0.5) is 16.0 Å². The van der Waals surface area contributed by atoms with Gasteiger partial charge in [-0.3, -0.25) is 4.79 Å². The van der Waals surface area contributed by atoms with Crippen molar-refractivity contribution in [2.24, 2.45) is 0 Å². The lowest BCUT2D eigenvalue weighted by Crippen LogP contribution is -2.16. The molecule has 0 saturated heterocycles. The topological polar surface area (TPSA) is 76.4 Å². The molecule has 2 N–H and O–H groups in total. The van der Waals surface area contributed by atoms with Crippen molar-refractivity contribution >= 4 is 50.6 Å². The van der Waals surface area contributed by atoms with E-state index in [4.69, 9.17) is 9.72 Å². The van der Waals surface area contributed by atoms with Crippen LogP contribution in [0.5, 0.6) is 5.75 Å². The standard InChI is InChI=1S/C25H24BFN3O3P/c1-25(27,34)33-17-9-7-16(8-10-17)28-24-29-20-12-15(13-23(31)32)6-11-21(20)30(24)22-14-26-19-5-3-2-4-18(19)22/h2-12,22,26H,13-14,34H2,1H3,(H,28,29)(H,31,32). The number of nitrogens with one attached hydrogen (secondary N) is 1. The number of alkyl halides is 1. The van der Waals surface area contributed by atoms with E-state index >= 15 is 0 Å². The third-order valence-corrected chi connectivity index (χ3v) is 6.07. The summed E-state index contributed by atoms with van der Waals surface area (Å²) in [5.41, 5.74) is 3.92. The van der Waals surface area contributed by atoms with Gasteiger partial charge in [0.25, 0.3) is 5.60 Å². The summed E-state index contributed by atoms with van der Waals surface area (Å²) in [6, 6.07) is 21.2. The number of anilines is 2. The Morgan fingerprint density at radius 2 is 2.03 bits per heavy atom. The molecule has 2 heterocycles. The van der Waals surface area contributed by atoms with Gasteiger partial charge in [0.05, 0.1) is 23.5 Å². The van der Waals surface area contributed by atoms with Crippen LogP contribution in [0.2, 0.25) is 6.32 Å². The molecule has 3 aromatic carbocycles. The number of fused-ring (bicyclic) bond motifs is 2. The minimum absolute atomic E-state index is 0.0531. The predicted octanol–water partition coefficient (Wildman–Crippen LogP) is 4.39. The summed E-state index contributed by atoms with van der Waals surface area (Å²) < 4.78 is 21.2. The van der Waals surface area contributed by atoms with Gasteiger partial charge in [-0.05, 0) is 53.8 Å². The first-order valence-corrected chi connectivity index (χ1v) is 11.7. The summed E-state index contributed by atoms with van der Waals surface area (Å²) in [5.74, 6) is 0.209. The molecular formula is C25H24BFN3O3P.